The van der Waals surface area contributed by atoms with E-state index in [0.29, 0.717) is 48.8 Å². The van der Waals surface area contributed by atoms with E-state index in [2.05, 4.69) is 10.5 Å². The van der Waals surface area contributed by atoms with Crippen LogP contribution in [0.15, 0.2) is 28.8 Å². The van der Waals surface area contributed by atoms with Gasteiger partial charge in [-0.3, -0.25) is 14.9 Å². The average Bonchev–Trinajstić information content (AvgIpc) is 2.93. The van der Waals surface area contributed by atoms with E-state index in [-0.39, 0.29) is 22.4 Å². The van der Waals surface area contributed by atoms with Gasteiger partial charge in [-0.25, -0.2) is 0 Å². The number of piperidine rings is 1. The molecule has 0 unspecified atom stereocenters. The number of nitro groups is 1. The first kappa shape index (κ1) is 16.9. The summed E-state index contributed by atoms with van der Waals surface area (Å²) < 4.78 is 5.06. The number of rotatable bonds is 4. The van der Waals surface area contributed by atoms with E-state index >= 15 is 0 Å². The van der Waals surface area contributed by atoms with Crippen LogP contribution < -0.4 is 10.2 Å². The minimum atomic E-state index is -0.369. The van der Waals surface area contributed by atoms with Gasteiger partial charge in [-0.05, 0) is 32.8 Å². The molecular weight excluding hydrogens is 324 g/mol. The minimum Gasteiger partial charge on any atom is -0.366 e. The number of nitrogens with zero attached hydrogens (tertiary/aromatic N) is 3. The number of hydrogen-bond acceptors (Lipinski definition) is 6. The van der Waals surface area contributed by atoms with Crippen LogP contribution in [-0.2, 0) is 4.79 Å². The van der Waals surface area contributed by atoms with Crippen LogP contribution >= 0.6 is 0 Å². The molecule has 1 saturated heterocycles. The molecule has 2 heterocycles. The number of aromatic nitrogens is 1. The van der Waals surface area contributed by atoms with Gasteiger partial charge in [-0.2, -0.15) is 0 Å². The topological polar surface area (TPSA) is 102 Å². The van der Waals surface area contributed by atoms with Gasteiger partial charge < -0.3 is 14.7 Å². The van der Waals surface area contributed by atoms with E-state index < -0.39 is 0 Å². The lowest BCUT2D eigenvalue weighted by atomic mass is 9.95. The normalized spacial score (nSPS) is 15.2. The van der Waals surface area contributed by atoms with E-state index in [4.69, 9.17) is 4.52 Å². The highest BCUT2D eigenvalue weighted by Gasteiger charge is 2.28. The predicted molar refractivity (Wildman–Crippen MR) is 92.6 cm³/mol. The Morgan fingerprint density at radius 2 is 2.00 bits per heavy atom. The summed E-state index contributed by atoms with van der Waals surface area (Å²) in [6.07, 6.45) is 1.28. The molecule has 0 bridgehead atoms. The molecule has 1 aliphatic rings. The van der Waals surface area contributed by atoms with E-state index in [1.165, 1.54) is 6.07 Å². The highest BCUT2D eigenvalue weighted by atomic mass is 16.6. The minimum absolute atomic E-state index is 0.0587. The lowest BCUT2D eigenvalue weighted by Gasteiger charge is -2.32. The maximum atomic E-state index is 12.5. The smallest absolute Gasteiger partial charge is 0.292 e. The second-order valence-corrected chi connectivity index (χ2v) is 6.20. The SMILES string of the molecule is Cc1noc(C)c1NC(=O)C1CCN(c2ccccc2[N+](=O)[O-])CC1. The Kier molecular flexibility index (Phi) is 4.69. The lowest BCUT2D eigenvalue weighted by molar-refractivity contribution is -0.384. The highest BCUT2D eigenvalue weighted by molar-refractivity contribution is 5.93. The number of nitro benzene ring substituents is 1. The molecule has 0 saturated carbocycles. The first-order chi connectivity index (χ1) is 12.0. The van der Waals surface area contributed by atoms with Gasteiger partial charge in [0.25, 0.3) is 5.69 Å². The molecule has 0 spiro atoms. The van der Waals surface area contributed by atoms with Crippen molar-refractivity contribution in [3.8, 4) is 0 Å². The number of benzene rings is 1. The molecule has 2 aromatic rings. The van der Waals surface area contributed by atoms with Crippen molar-refractivity contribution in [1.82, 2.24) is 5.16 Å². The third kappa shape index (κ3) is 3.47. The molecule has 1 fully saturated rings. The van der Waals surface area contributed by atoms with Crippen LogP contribution in [0.2, 0.25) is 0 Å². The van der Waals surface area contributed by atoms with Crippen molar-refractivity contribution in [1.29, 1.82) is 0 Å². The molecule has 3 rings (SSSR count). The van der Waals surface area contributed by atoms with E-state index in [1.54, 1.807) is 32.0 Å². The lowest BCUT2D eigenvalue weighted by Crippen LogP contribution is -2.38. The maximum absolute atomic E-state index is 12.5. The molecule has 132 valence electrons. The van der Waals surface area contributed by atoms with Gasteiger partial charge in [0, 0.05) is 25.1 Å². The van der Waals surface area contributed by atoms with Gasteiger partial charge in [-0.1, -0.05) is 17.3 Å². The Morgan fingerprint density at radius 1 is 1.32 bits per heavy atom. The van der Waals surface area contributed by atoms with Gasteiger partial charge in [0.15, 0.2) is 5.76 Å². The Hall–Kier alpha value is -2.90. The quantitative estimate of drug-likeness (QED) is 0.675. The standard InChI is InChI=1S/C17H20N4O4/c1-11-16(12(2)25-19-11)18-17(22)13-7-9-20(10-8-13)14-5-3-4-6-15(14)21(23)24/h3-6,13H,7-10H2,1-2H3,(H,18,22). The number of anilines is 2. The predicted octanol–water partition coefficient (Wildman–Crippen LogP) is 3.05. The molecule has 0 radical (unpaired) electrons. The monoisotopic (exact) mass is 344 g/mol. The first-order valence-electron chi connectivity index (χ1n) is 8.19. The fraction of sp³-hybridized carbons (Fsp3) is 0.412. The third-order valence-electron chi connectivity index (χ3n) is 4.57. The summed E-state index contributed by atoms with van der Waals surface area (Å²) in [5, 5.41) is 17.9. The number of hydrogen-bond donors (Lipinski definition) is 1. The number of aryl methyl sites for hydroxylation is 2. The van der Waals surface area contributed by atoms with Crippen molar-refractivity contribution >= 4 is 23.0 Å². The van der Waals surface area contributed by atoms with Crippen molar-refractivity contribution in [2.75, 3.05) is 23.3 Å². The highest BCUT2D eigenvalue weighted by Crippen LogP contribution is 2.31. The summed E-state index contributed by atoms with van der Waals surface area (Å²) in [6, 6.07) is 6.71. The summed E-state index contributed by atoms with van der Waals surface area (Å²) in [4.78, 5) is 25.3. The molecule has 1 aliphatic heterocycles. The van der Waals surface area contributed by atoms with Gasteiger partial charge in [0.1, 0.15) is 17.1 Å². The van der Waals surface area contributed by atoms with Crippen molar-refractivity contribution in [2.45, 2.75) is 26.7 Å². The molecular formula is C17H20N4O4. The van der Waals surface area contributed by atoms with E-state index in [1.807, 2.05) is 4.90 Å². The number of carbonyl (C=O) groups excluding carboxylic acids is 1. The Labute approximate surface area is 144 Å². The molecule has 1 N–H and O–H groups in total. The second-order valence-electron chi connectivity index (χ2n) is 6.20. The Morgan fingerprint density at radius 3 is 2.60 bits per heavy atom. The third-order valence-corrected chi connectivity index (χ3v) is 4.57. The molecule has 1 aromatic heterocycles. The molecule has 8 nitrogen and oxygen atoms in total. The molecule has 25 heavy (non-hydrogen) atoms. The Balaban J connectivity index is 1.64. The van der Waals surface area contributed by atoms with Gasteiger partial charge in [-0.15, -0.1) is 0 Å². The summed E-state index contributed by atoms with van der Waals surface area (Å²) in [5.74, 6) is 0.396. The van der Waals surface area contributed by atoms with Gasteiger partial charge in [0.2, 0.25) is 5.91 Å². The maximum Gasteiger partial charge on any atom is 0.292 e. The van der Waals surface area contributed by atoms with Crippen molar-refractivity contribution in [3.63, 3.8) is 0 Å². The van der Waals surface area contributed by atoms with Crippen LogP contribution in [-0.4, -0.2) is 29.1 Å². The fourth-order valence-corrected chi connectivity index (χ4v) is 3.16. The van der Waals surface area contributed by atoms with Gasteiger partial charge in [0.05, 0.1) is 4.92 Å². The van der Waals surface area contributed by atoms with Crippen LogP contribution in [0.1, 0.15) is 24.3 Å². The van der Waals surface area contributed by atoms with E-state index in [9.17, 15) is 14.9 Å². The molecule has 0 atom stereocenters. The van der Waals surface area contributed by atoms with Gasteiger partial charge >= 0.3 is 0 Å². The van der Waals surface area contributed by atoms with Crippen LogP contribution in [0.4, 0.5) is 17.1 Å². The van der Waals surface area contributed by atoms with Crippen molar-refractivity contribution in [2.24, 2.45) is 5.92 Å². The number of amides is 1. The number of para-hydroxylation sites is 2. The largest absolute Gasteiger partial charge is 0.366 e. The fourth-order valence-electron chi connectivity index (χ4n) is 3.16. The molecule has 0 aliphatic carbocycles. The second kappa shape index (κ2) is 6.92. The summed E-state index contributed by atoms with van der Waals surface area (Å²) in [5.41, 5.74) is 1.99. The Bertz CT molecular complexity index is 774. The van der Waals surface area contributed by atoms with Crippen molar-refractivity contribution in [3.05, 3.63) is 45.8 Å². The average molecular weight is 344 g/mol. The molecule has 8 heteroatoms. The summed E-state index contributed by atoms with van der Waals surface area (Å²) in [7, 11) is 0. The van der Waals surface area contributed by atoms with Crippen LogP contribution in [0.3, 0.4) is 0 Å². The molecule has 1 aromatic carbocycles. The summed E-state index contributed by atoms with van der Waals surface area (Å²) in [6.45, 7) is 4.74. The zero-order valence-electron chi connectivity index (χ0n) is 14.2. The number of carbonyl (C=O) groups is 1. The summed E-state index contributed by atoms with van der Waals surface area (Å²) >= 11 is 0. The van der Waals surface area contributed by atoms with Crippen LogP contribution in [0.25, 0.3) is 0 Å². The van der Waals surface area contributed by atoms with Crippen LogP contribution in [0.5, 0.6) is 0 Å². The zero-order chi connectivity index (χ0) is 18.0. The zero-order valence-corrected chi connectivity index (χ0v) is 14.2. The van der Waals surface area contributed by atoms with Crippen molar-refractivity contribution < 1.29 is 14.2 Å². The van der Waals surface area contributed by atoms with Crippen LogP contribution in [0, 0.1) is 29.9 Å². The first-order valence-corrected chi connectivity index (χ1v) is 8.19. The number of nitrogens with one attached hydrogen (secondary N) is 1. The van der Waals surface area contributed by atoms with E-state index in [0.717, 1.165) is 0 Å². The molecule has 1 amide bonds.